The van der Waals surface area contributed by atoms with E-state index in [1.165, 1.54) is 0 Å². The summed E-state index contributed by atoms with van der Waals surface area (Å²) in [5, 5.41) is 18.8. The van der Waals surface area contributed by atoms with Gasteiger partial charge in [-0.1, -0.05) is 60.7 Å². The van der Waals surface area contributed by atoms with Crippen LogP contribution in [0, 0.1) is 0 Å². The van der Waals surface area contributed by atoms with Gasteiger partial charge in [0.2, 0.25) is 5.28 Å². The van der Waals surface area contributed by atoms with Crippen LogP contribution < -0.4 is 5.32 Å². The van der Waals surface area contributed by atoms with Crippen LogP contribution in [0.15, 0.2) is 72.8 Å². The van der Waals surface area contributed by atoms with Crippen molar-refractivity contribution in [2.24, 2.45) is 0 Å². The molecule has 0 aliphatic heterocycles. The van der Waals surface area contributed by atoms with Gasteiger partial charge in [-0.15, -0.1) is 5.10 Å². The van der Waals surface area contributed by atoms with E-state index in [0.29, 0.717) is 12.4 Å². The summed E-state index contributed by atoms with van der Waals surface area (Å²) < 4.78 is 0. The second-order valence-corrected chi connectivity index (χ2v) is 7.04. The van der Waals surface area contributed by atoms with Crippen LogP contribution in [0.5, 0.6) is 0 Å². The van der Waals surface area contributed by atoms with Crippen LogP contribution in [-0.4, -0.2) is 30.6 Å². The standard InChI is InChI=1S/C22H16ClN7/c23-22-25-19-8-4-3-7-18(19)20(26-22)24-13-14-9-11-15(12-10-14)16-5-1-2-6-17(16)21-27-29-30-28-21/h1-12H,13H2,(H,24,25,26)(H,27,28,29,30). The van der Waals surface area contributed by atoms with Gasteiger partial charge in [0, 0.05) is 17.5 Å². The number of aromatic nitrogens is 6. The van der Waals surface area contributed by atoms with Gasteiger partial charge in [0.05, 0.1) is 5.52 Å². The van der Waals surface area contributed by atoms with Crippen molar-refractivity contribution in [2.75, 3.05) is 5.32 Å². The van der Waals surface area contributed by atoms with Gasteiger partial charge in [0.15, 0.2) is 5.82 Å². The lowest BCUT2D eigenvalue weighted by atomic mass is 9.98. The quantitative estimate of drug-likeness (QED) is 0.404. The summed E-state index contributed by atoms with van der Waals surface area (Å²) in [6.07, 6.45) is 0. The van der Waals surface area contributed by atoms with E-state index < -0.39 is 0 Å². The molecule has 0 saturated carbocycles. The van der Waals surface area contributed by atoms with Crippen LogP contribution >= 0.6 is 11.6 Å². The number of anilines is 1. The lowest BCUT2D eigenvalue weighted by Crippen LogP contribution is -2.03. The monoisotopic (exact) mass is 413 g/mol. The molecule has 0 aliphatic rings. The number of halogens is 1. The predicted octanol–water partition coefficient (Wildman–Crippen LogP) is 4.74. The second-order valence-electron chi connectivity index (χ2n) is 6.70. The summed E-state index contributed by atoms with van der Waals surface area (Å²) in [5.41, 5.74) is 5.03. The number of H-pyrrole nitrogens is 1. The molecule has 0 aliphatic carbocycles. The summed E-state index contributed by atoms with van der Waals surface area (Å²) >= 11 is 6.07. The summed E-state index contributed by atoms with van der Waals surface area (Å²) in [6.45, 7) is 0.616. The summed E-state index contributed by atoms with van der Waals surface area (Å²) in [5.74, 6) is 1.36. The molecule has 2 heterocycles. The first-order chi connectivity index (χ1) is 14.8. The predicted molar refractivity (Wildman–Crippen MR) is 117 cm³/mol. The number of rotatable bonds is 5. The van der Waals surface area contributed by atoms with Gasteiger partial charge in [-0.05, 0) is 50.9 Å². The number of hydrogen-bond donors (Lipinski definition) is 2. The number of hydrogen-bond acceptors (Lipinski definition) is 6. The molecular formula is C22H16ClN7. The highest BCUT2D eigenvalue weighted by Crippen LogP contribution is 2.30. The molecule has 30 heavy (non-hydrogen) atoms. The third-order valence-corrected chi connectivity index (χ3v) is 5.00. The van der Waals surface area contributed by atoms with Crippen molar-refractivity contribution in [3.05, 3.63) is 83.6 Å². The number of para-hydroxylation sites is 1. The van der Waals surface area contributed by atoms with Crippen molar-refractivity contribution >= 4 is 28.3 Å². The molecule has 0 fully saturated rings. The smallest absolute Gasteiger partial charge is 0.224 e. The van der Waals surface area contributed by atoms with E-state index in [1.54, 1.807) is 0 Å². The minimum absolute atomic E-state index is 0.227. The van der Waals surface area contributed by atoms with Crippen LogP contribution in [0.1, 0.15) is 5.56 Å². The minimum Gasteiger partial charge on any atom is -0.365 e. The van der Waals surface area contributed by atoms with E-state index in [9.17, 15) is 0 Å². The molecule has 3 aromatic carbocycles. The molecule has 8 heteroatoms. The van der Waals surface area contributed by atoms with E-state index in [4.69, 9.17) is 11.6 Å². The van der Waals surface area contributed by atoms with Crippen molar-refractivity contribution in [3.63, 3.8) is 0 Å². The number of aromatic amines is 1. The number of tetrazole rings is 1. The van der Waals surface area contributed by atoms with E-state index in [0.717, 1.165) is 39.0 Å². The van der Waals surface area contributed by atoms with Gasteiger partial charge < -0.3 is 5.32 Å². The zero-order valence-electron chi connectivity index (χ0n) is 15.7. The maximum atomic E-state index is 6.07. The SMILES string of the molecule is Clc1nc(NCc2ccc(-c3ccccc3-c3nnn[nH]3)cc2)c2ccccc2n1. The largest absolute Gasteiger partial charge is 0.365 e. The Labute approximate surface area is 177 Å². The van der Waals surface area contributed by atoms with Crippen molar-refractivity contribution in [2.45, 2.75) is 6.54 Å². The molecule has 0 unspecified atom stereocenters. The van der Waals surface area contributed by atoms with Gasteiger partial charge in [0.1, 0.15) is 5.82 Å². The Bertz CT molecular complexity index is 1300. The van der Waals surface area contributed by atoms with Crippen LogP contribution in [0.4, 0.5) is 5.82 Å². The van der Waals surface area contributed by atoms with Crippen molar-refractivity contribution < 1.29 is 0 Å². The topological polar surface area (TPSA) is 92.3 Å². The van der Waals surface area contributed by atoms with Crippen LogP contribution in [0.3, 0.4) is 0 Å². The van der Waals surface area contributed by atoms with Crippen LogP contribution in [0.25, 0.3) is 33.4 Å². The Morgan fingerprint density at radius 3 is 2.40 bits per heavy atom. The third kappa shape index (κ3) is 3.58. The molecule has 5 rings (SSSR count). The highest BCUT2D eigenvalue weighted by atomic mass is 35.5. The Morgan fingerprint density at radius 1 is 0.833 bits per heavy atom. The Kier molecular flexibility index (Phi) is 4.78. The molecule has 0 bridgehead atoms. The first-order valence-corrected chi connectivity index (χ1v) is 9.74. The fraction of sp³-hybridized carbons (Fsp3) is 0.0455. The maximum Gasteiger partial charge on any atom is 0.224 e. The van der Waals surface area contributed by atoms with Crippen molar-refractivity contribution in [1.82, 2.24) is 30.6 Å². The highest BCUT2D eigenvalue weighted by molar-refractivity contribution is 6.28. The number of nitrogens with one attached hydrogen (secondary N) is 2. The lowest BCUT2D eigenvalue weighted by molar-refractivity contribution is 0.881. The van der Waals surface area contributed by atoms with Crippen LogP contribution in [-0.2, 0) is 6.54 Å². The molecule has 0 spiro atoms. The van der Waals surface area contributed by atoms with Crippen molar-refractivity contribution in [1.29, 1.82) is 0 Å². The van der Waals surface area contributed by atoms with E-state index in [-0.39, 0.29) is 5.28 Å². The Morgan fingerprint density at radius 2 is 1.60 bits per heavy atom. The normalized spacial score (nSPS) is 11.0. The average Bonchev–Trinajstić information content (AvgIpc) is 3.33. The van der Waals surface area contributed by atoms with Crippen molar-refractivity contribution in [3.8, 4) is 22.5 Å². The van der Waals surface area contributed by atoms with Gasteiger partial charge in [-0.25, -0.2) is 15.1 Å². The zero-order valence-corrected chi connectivity index (χ0v) is 16.5. The average molecular weight is 414 g/mol. The summed E-state index contributed by atoms with van der Waals surface area (Å²) in [6, 6.07) is 24.2. The molecule has 2 N–H and O–H groups in total. The number of nitrogens with zero attached hydrogens (tertiary/aromatic N) is 5. The van der Waals surface area contributed by atoms with Gasteiger partial charge in [-0.3, -0.25) is 0 Å². The van der Waals surface area contributed by atoms with E-state index >= 15 is 0 Å². The highest BCUT2D eigenvalue weighted by Gasteiger charge is 2.10. The Balaban J connectivity index is 1.39. The zero-order chi connectivity index (χ0) is 20.3. The van der Waals surface area contributed by atoms with Crippen LogP contribution in [0.2, 0.25) is 5.28 Å². The van der Waals surface area contributed by atoms with Gasteiger partial charge in [0.25, 0.3) is 0 Å². The molecule has 0 saturated heterocycles. The minimum atomic E-state index is 0.227. The molecule has 0 atom stereocenters. The molecule has 0 radical (unpaired) electrons. The fourth-order valence-electron chi connectivity index (χ4n) is 3.39. The van der Waals surface area contributed by atoms with Gasteiger partial charge >= 0.3 is 0 Å². The molecule has 2 aromatic heterocycles. The maximum absolute atomic E-state index is 6.07. The number of fused-ring (bicyclic) bond motifs is 1. The first kappa shape index (κ1) is 18.2. The second kappa shape index (κ2) is 7.88. The fourth-order valence-corrected chi connectivity index (χ4v) is 3.56. The first-order valence-electron chi connectivity index (χ1n) is 9.36. The van der Waals surface area contributed by atoms with Gasteiger partial charge in [-0.2, -0.15) is 0 Å². The van der Waals surface area contributed by atoms with E-state index in [1.807, 2.05) is 42.5 Å². The Hall–Kier alpha value is -3.84. The molecule has 146 valence electrons. The molecule has 0 amide bonds. The summed E-state index contributed by atoms with van der Waals surface area (Å²) in [7, 11) is 0. The molecule has 5 aromatic rings. The van der Waals surface area contributed by atoms with E-state index in [2.05, 4.69) is 66.2 Å². The number of benzene rings is 3. The molecular weight excluding hydrogens is 398 g/mol. The summed E-state index contributed by atoms with van der Waals surface area (Å²) in [4.78, 5) is 8.61. The third-order valence-electron chi connectivity index (χ3n) is 4.83. The lowest BCUT2D eigenvalue weighted by Gasteiger charge is -2.11. The molecule has 7 nitrogen and oxygen atoms in total.